The summed E-state index contributed by atoms with van der Waals surface area (Å²) in [5.41, 5.74) is 8.83. The Balaban J connectivity index is 1.90. The number of aliphatic imine (C=N–C) groups is 1. The summed E-state index contributed by atoms with van der Waals surface area (Å²) in [7, 11) is 1.75. The first-order valence-corrected chi connectivity index (χ1v) is 7.32. The zero-order chi connectivity index (χ0) is 14.7. The number of allylic oxidation sites excluding steroid dienone is 1. The van der Waals surface area contributed by atoms with E-state index in [0.29, 0.717) is 5.92 Å². The number of nitrogens with one attached hydrogen (secondary N) is 1. The van der Waals surface area contributed by atoms with E-state index in [1.807, 2.05) is 6.20 Å². The average Bonchev–Trinajstić information content (AvgIpc) is 3.15. The van der Waals surface area contributed by atoms with Crippen molar-refractivity contribution in [3.63, 3.8) is 0 Å². The molecule has 3 rings (SSSR count). The highest BCUT2D eigenvalue weighted by Crippen LogP contribution is 2.21. The SMILES string of the molecule is CN=C/C(=C\N)c1ccc2c(cnn2CC2CCNC2)c1. The lowest BCUT2D eigenvalue weighted by atomic mass is 10.1. The summed E-state index contributed by atoms with van der Waals surface area (Å²) in [6.45, 7) is 3.19. The first-order valence-electron chi connectivity index (χ1n) is 7.32. The second-order valence-electron chi connectivity index (χ2n) is 5.47. The predicted molar refractivity (Wildman–Crippen MR) is 87.3 cm³/mol. The molecule has 2 aromatic rings. The lowest BCUT2D eigenvalue weighted by Gasteiger charge is -2.09. The van der Waals surface area contributed by atoms with Gasteiger partial charge in [-0.3, -0.25) is 9.67 Å². The summed E-state index contributed by atoms with van der Waals surface area (Å²) in [5.74, 6) is 0.680. The fourth-order valence-corrected chi connectivity index (χ4v) is 2.88. The van der Waals surface area contributed by atoms with Crippen molar-refractivity contribution in [1.82, 2.24) is 15.1 Å². The molecule has 110 valence electrons. The standard InChI is InChI=1S/C16H21N5/c1-18-9-15(7-17)13-2-3-16-14(6-13)10-20-21(16)11-12-4-5-19-8-12/h2-3,6-7,9-10,12,19H,4-5,8,11,17H2,1H3/b15-7+,18-9?. The van der Waals surface area contributed by atoms with Crippen LogP contribution in [-0.2, 0) is 6.54 Å². The number of nitrogens with zero attached hydrogens (tertiary/aromatic N) is 3. The normalized spacial score (nSPS) is 19.9. The van der Waals surface area contributed by atoms with Gasteiger partial charge in [0.2, 0.25) is 0 Å². The van der Waals surface area contributed by atoms with E-state index < -0.39 is 0 Å². The molecular weight excluding hydrogens is 262 g/mol. The maximum Gasteiger partial charge on any atom is 0.0682 e. The highest BCUT2D eigenvalue weighted by atomic mass is 15.3. The molecule has 2 heterocycles. The minimum Gasteiger partial charge on any atom is -0.404 e. The van der Waals surface area contributed by atoms with Crippen molar-refractivity contribution in [2.24, 2.45) is 16.6 Å². The molecule has 0 bridgehead atoms. The van der Waals surface area contributed by atoms with Crippen LogP contribution in [0.2, 0.25) is 0 Å². The monoisotopic (exact) mass is 283 g/mol. The molecule has 5 nitrogen and oxygen atoms in total. The average molecular weight is 283 g/mol. The van der Waals surface area contributed by atoms with Crippen LogP contribution in [-0.4, -0.2) is 36.1 Å². The molecule has 1 saturated heterocycles. The van der Waals surface area contributed by atoms with Crippen LogP contribution in [0.25, 0.3) is 16.5 Å². The zero-order valence-electron chi connectivity index (χ0n) is 12.3. The van der Waals surface area contributed by atoms with Gasteiger partial charge in [-0.15, -0.1) is 0 Å². The molecule has 0 radical (unpaired) electrons. The van der Waals surface area contributed by atoms with Crippen molar-refractivity contribution < 1.29 is 0 Å². The maximum atomic E-state index is 5.67. The third-order valence-corrected chi connectivity index (χ3v) is 4.02. The van der Waals surface area contributed by atoms with Gasteiger partial charge in [-0.1, -0.05) is 6.07 Å². The third-order valence-electron chi connectivity index (χ3n) is 4.02. The molecule has 1 aromatic carbocycles. The Morgan fingerprint density at radius 1 is 1.57 bits per heavy atom. The van der Waals surface area contributed by atoms with Gasteiger partial charge < -0.3 is 11.1 Å². The Morgan fingerprint density at radius 3 is 3.19 bits per heavy atom. The van der Waals surface area contributed by atoms with Crippen molar-refractivity contribution in [3.05, 3.63) is 36.2 Å². The summed E-state index contributed by atoms with van der Waals surface area (Å²) in [5, 5.41) is 9.08. The Hall–Kier alpha value is -2.14. The van der Waals surface area contributed by atoms with Crippen LogP contribution in [0.1, 0.15) is 12.0 Å². The van der Waals surface area contributed by atoms with E-state index in [1.54, 1.807) is 19.5 Å². The van der Waals surface area contributed by atoms with Gasteiger partial charge in [0.1, 0.15) is 0 Å². The number of fused-ring (bicyclic) bond motifs is 1. The van der Waals surface area contributed by atoms with E-state index in [2.05, 4.69) is 38.3 Å². The van der Waals surface area contributed by atoms with E-state index in [9.17, 15) is 0 Å². The number of aromatic nitrogens is 2. The minimum absolute atomic E-state index is 0.680. The lowest BCUT2D eigenvalue weighted by Crippen LogP contribution is -2.15. The van der Waals surface area contributed by atoms with Crippen molar-refractivity contribution in [2.75, 3.05) is 20.1 Å². The van der Waals surface area contributed by atoms with Crippen molar-refractivity contribution in [1.29, 1.82) is 0 Å². The molecule has 1 aromatic heterocycles. The summed E-state index contributed by atoms with van der Waals surface area (Å²) < 4.78 is 2.11. The number of benzene rings is 1. The van der Waals surface area contributed by atoms with Crippen LogP contribution < -0.4 is 11.1 Å². The summed E-state index contributed by atoms with van der Waals surface area (Å²) >= 11 is 0. The molecule has 5 heteroatoms. The van der Waals surface area contributed by atoms with Gasteiger partial charge in [0.25, 0.3) is 0 Å². The second-order valence-corrected chi connectivity index (χ2v) is 5.47. The van der Waals surface area contributed by atoms with Crippen LogP contribution in [0.5, 0.6) is 0 Å². The molecule has 1 fully saturated rings. The molecule has 1 aliphatic heterocycles. The lowest BCUT2D eigenvalue weighted by molar-refractivity contribution is 0.459. The third kappa shape index (κ3) is 2.83. The molecule has 0 aliphatic carbocycles. The molecule has 0 spiro atoms. The van der Waals surface area contributed by atoms with Crippen molar-refractivity contribution >= 4 is 22.7 Å². The second kappa shape index (κ2) is 6.10. The van der Waals surface area contributed by atoms with E-state index in [-0.39, 0.29) is 0 Å². The quantitative estimate of drug-likeness (QED) is 0.838. The summed E-state index contributed by atoms with van der Waals surface area (Å²) in [6, 6.07) is 6.31. The largest absolute Gasteiger partial charge is 0.404 e. The topological polar surface area (TPSA) is 68.2 Å². The van der Waals surface area contributed by atoms with Crippen molar-refractivity contribution in [2.45, 2.75) is 13.0 Å². The molecular formula is C16H21N5. The zero-order valence-corrected chi connectivity index (χ0v) is 12.3. The first-order chi connectivity index (χ1) is 10.3. The molecule has 3 N–H and O–H groups in total. The Bertz CT molecular complexity index is 677. The fraction of sp³-hybridized carbons (Fsp3) is 0.375. The first kappa shape index (κ1) is 13.8. The van der Waals surface area contributed by atoms with Gasteiger partial charge in [0.15, 0.2) is 0 Å². The number of hydrogen-bond acceptors (Lipinski definition) is 4. The molecule has 1 unspecified atom stereocenters. The van der Waals surface area contributed by atoms with E-state index >= 15 is 0 Å². The van der Waals surface area contributed by atoms with Crippen molar-refractivity contribution in [3.8, 4) is 0 Å². The van der Waals surface area contributed by atoms with Crippen LogP contribution in [0, 0.1) is 5.92 Å². The van der Waals surface area contributed by atoms with Gasteiger partial charge in [0, 0.05) is 37.0 Å². The fourth-order valence-electron chi connectivity index (χ4n) is 2.88. The molecule has 0 saturated carbocycles. The van der Waals surface area contributed by atoms with E-state index in [0.717, 1.165) is 36.2 Å². The summed E-state index contributed by atoms with van der Waals surface area (Å²) in [6.07, 6.45) is 6.52. The molecule has 1 aliphatic rings. The number of hydrogen-bond donors (Lipinski definition) is 2. The molecule has 1 atom stereocenters. The van der Waals surface area contributed by atoms with Crippen LogP contribution in [0.4, 0.5) is 0 Å². The maximum absolute atomic E-state index is 5.67. The van der Waals surface area contributed by atoms with Crippen LogP contribution >= 0.6 is 0 Å². The van der Waals surface area contributed by atoms with Gasteiger partial charge in [-0.2, -0.15) is 5.10 Å². The Kier molecular flexibility index (Phi) is 4.01. The number of rotatable bonds is 4. The van der Waals surface area contributed by atoms with Crippen LogP contribution in [0.15, 0.2) is 35.6 Å². The van der Waals surface area contributed by atoms with Gasteiger partial charge in [-0.05, 0) is 43.1 Å². The summed E-state index contributed by atoms with van der Waals surface area (Å²) in [4.78, 5) is 4.04. The van der Waals surface area contributed by atoms with E-state index in [4.69, 9.17) is 5.73 Å². The van der Waals surface area contributed by atoms with Gasteiger partial charge in [-0.25, -0.2) is 0 Å². The highest BCUT2D eigenvalue weighted by Gasteiger charge is 2.16. The smallest absolute Gasteiger partial charge is 0.0682 e. The van der Waals surface area contributed by atoms with Gasteiger partial charge >= 0.3 is 0 Å². The minimum atomic E-state index is 0.680. The predicted octanol–water partition coefficient (Wildman–Crippen LogP) is 1.65. The Labute approximate surface area is 124 Å². The number of nitrogens with two attached hydrogens (primary N) is 1. The molecule has 21 heavy (non-hydrogen) atoms. The van der Waals surface area contributed by atoms with Crippen LogP contribution in [0.3, 0.4) is 0 Å². The molecule has 0 amide bonds. The Morgan fingerprint density at radius 2 is 2.48 bits per heavy atom. The highest BCUT2D eigenvalue weighted by molar-refractivity contribution is 6.10. The van der Waals surface area contributed by atoms with Gasteiger partial charge in [0.05, 0.1) is 11.7 Å². The van der Waals surface area contributed by atoms with E-state index in [1.165, 1.54) is 11.9 Å².